The minimum absolute atomic E-state index is 0.159. The molecule has 30 heavy (non-hydrogen) atoms. The van der Waals surface area contributed by atoms with Crippen molar-refractivity contribution in [3.63, 3.8) is 0 Å². The lowest BCUT2D eigenvalue weighted by molar-refractivity contribution is -0.143. The SMILES string of the molecule is CC(NC1CC(C(=O)N[C@@H](C(=O)O)c2ccccc2)C1)c1cccc2ccccc12. The van der Waals surface area contributed by atoms with E-state index in [9.17, 15) is 14.7 Å². The lowest BCUT2D eigenvalue weighted by Gasteiger charge is -2.37. The van der Waals surface area contributed by atoms with Crippen LogP contribution in [0, 0.1) is 5.92 Å². The van der Waals surface area contributed by atoms with Gasteiger partial charge in [-0.1, -0.05) is 72.8 Å². The first-order valence-corrected chi connectivity index (χ1v) is 10.3. The summed E-state index contributed by atoms with van der Waals surface area (Å²) < 4.78 is 0. The number of fused-ring (bicyclic) bond motifs is 1. The Labute approximate surface area is 176 Å². The van der Waals surface area contributed by atoms with Crippen LogP contribution in [0.4, 0.5) is 0 Å². The zero-order valence-corrected chi connectivity index (χ0v) is 16.9. The number of carbonyl (C=O) groups is 2. The molecule has 2 atom stereocenters. The summed E-state index contributed by atoms with van der Waals surface area (Å²) in [5, 5.41) is 18.3. The molecule has 0 radical (unpaired) electrons. The molecule has 1 amide bonds. The van der Waals surface area contributed by atoms with E-state index < -0.39 is 12.0 Å². The number of carboxylic acid groups (broad SMARTS) is 1. The zero-order valence-electron chi connectivity index (χ0n) is 16.9. The molecule has 0 heterocycles. The molecule has 1 aliphatic rings. The Kier molecular flexibility index (Phi) is 5.81. The van der Waals surface area contributed by atoms with Gasteiger partial charge in [0.25, 0.3) is 0 Å². The van der Waals surface area contributed by atoms with Gasteiger partial charge in [-0.05, 0) is 41.7 Å². The summed E-state index contributed by atoms with van der Waals surface area (Å²) in [4.78, 5) is 24.2. The highest BCUT2D eigenvalue weighted by Crippen LogP contribution is 2.32. The summed E-state index contributed by atoms with van der Waals surface area (Å²) in [6, 6.07) is 22.9. The van der Waals surface area contributed by atoms with Crippen LogP contribution < -0.4 is 10.6 Å². The fraction of sp³-hybridized carbons (Fsp3) is 0.280. The van der Waals surface area contributed by atoms with Gasteiger partial charge < -0.3 is 15.7 Å². The molecule has 1 fully saturated rings. The van der Waals surface area contributed by atoms with Crippen LogP contribution in [0.1, 0.15) is 43.0 Å². The topological polar surface area (TPSA) is 78.4 Å². The molecule has 1 aliphatic carbocycles. The Morgan fingerprint density at radius 3 is 2.33 bits per heavy atom. The number of nitrogens with one attached hydrogen (secondary N) is 2. The van der Waals surface area contributed by atoms with Crippen molar-refractivity contribution in [2.45, 2.75) is 37.9 Å². The van der Waals surface area contributed by atoms with Crippen LogP contribution in [0.3, 0.4) is 0 Å². The van der Waals surface area contributed by atoms with Crippen LogP contribution in [-0.2, 0) is 9.59 Å². The Balaban J connectivity index is 1.34. The minimum Gasteiger partial charge on any atom is -0.479 e. The van der Waals surface area contributed by atoms with Gasteiger partial charge in [0.1, 0.15) is 0 Å². The van der Waals surface area contributed by atoms with E-state index in [1.165, 1.54) is 16.3 Å². The van der Waals surface area contributed by atoms with E-state index in [0.717, 1.165) is 0 Å². The van der Waals surface area contributed by atoms with E-state index in [-0.39, 0.29) is 23.9 Å². The fourth-order valence-corrected chi connectivity index (χ4v) is 4.23. The van der Waals surface area contributed by atoms with Crippen molar-refractivity contribution < 1.29 is 14.7 Å². The molecule has 5 nitrogen and oxygen atoms in total. The first kappa shape index (κ1) is 20.1. The van der Waals surface area contributed by atoms with Crippen molar-refractivity contribution in [3.05, 3.63) is 83.9 Å². The molecule has 0 aromatic heterocycles. The van der Waals surface area contributed by atoms with Gasteiger partial charge in [0.05, 0.1) is 0 Å². The summed E-state index contributed by atoms with van der Waals surface area (Å²) >= 11 is 0. The van der Waals surface area contributed by atoms with E-state index in [4.69, 9.17) is 0 Å². The highest BCUT2D eigenvalue weighted by Gasteiger charge is 2.37. The molecule has 4 rings (SSSR count). The maximum absolute atomic E-state index is 12.6. The predicted molar refractivity (Wildman–Crippen MR) is 117 cm³/mol. The third-order valence-corrected chi connectivity index (χ3v) is 5.95. The second kappa shape index (κ2) is 8.67. The second-order valence-electron chi connectivity index (χ2n) is 8.01. The van der Waals surface area contributed by atoms with Crippen molar-refractivity contribution in [1.82, 2.24) is 10.6 Å². The number of rotatable bonds is 7. The molecular weight excluding hydrogens is 376 g/mol. The summed E-state index contributed by atoms with van der Waals surface area (Å²) in [5.74, 6) is -1.40. The largest absolute Gasteiger partial charge is 0.479 e. The normalized spacial score (nSPS) is 20.2. The number of carbonyl (C=O) groups excluding carboxylic acids is 1. The third kappa shape index (κ3) is 4.21. The molecule has 3 aromatic rings. The molecule has 5 heteroatoms. The smallest absolute Gasteiger partial charge is 0.330 e. The van der Waals surface area contributed by atoms with Crippen LogP contribution in [0.15, 0.2) is 72.8 Å². The van der Waals surface area contributed by atoms with Crippen molar-refractivity contribution in [3.8, 4) is 0 Å². The monoisotopic (exact) mass is 402 g/mol. The molecule has 0 spiro atoms. The lowest BCUT2D eigenvalue weighted by Crippen LogP contribution is -2.49. The Morgan fingerprint density at radius 1 is 0.933 bits per heavy atom. The minimum atomic E-state index is -1.05. The standard InChI is InChI=1S/C25H26N2O3/c1-16(21-13-7-11-17-8-5-6-12-22(17)21)26-20-14-19(15-20)24(28)27-23(25(29)30)18-9-3-2-4-10-18/h2-13,16,19-20,23,26H,14-15H2,1H3,(H,27,28)(H,29,30)/t16?,19?,20?,23-/m1/s1. The van der Waals surface area contributed by atoms with E-state index in [0.29, 0.717) is 18.4 Å². The molecule has 3 N–H and O–H groups in total. The van der Waals surface area contributed by atoms with Crippen LogP contribution in [-0.4, -0.2) is 23.0 Å². The molecule has 0 aliphatic heterocycles. The molecule has 0 saturated heterocycles. The lowest BCUT2D eigenvalue weighted by atomic mass is 9.78. The molecule has 1 unspecified atom stereocenters. The van der Waals surface area contributed by atoms with Gasteiger partial charge in [-0.25, -0.2) is 4.79 Å². The molecule has 154 valence electrons. The van der Waals surface area contributed by atoms with Crippen molar-refractivity contribution in [2.24, 2.45) is 5.92 Å². The number of hydrogen-bond acceptors (Lipinski definition) is 3. The molecule has 3 aromatic carbocycles. The number of amides is 1. The van der Waals surface area contributed by atoms with E-state index in [1.807, 2.05) is 18.2 Å². The second-order valence-corrected chi connectivity index (χ2v) is 8.01. The van der Waals surface area contributed by atoms with Gasteiger partial charge in [-0.15, -0.1) is 0 Å². The molecule has 0 bridgehead atoms. The average molecular weight is 402 g/mol. The Morgan fingerprint density at radius 2 is 1.60 bits per heavy atom. The zero-order chi connectivity index (χ0) is 21.1. The predicted octanol–water partition coefficient (Wildman–Crippen LogP) is 4.21. The van der Waals surface area contributed by atoms with E-state index in [2.05, 4.69) is 47.9 Å². The first-order chi connectivity index (χ1) is 14.5. The number of benzene rings is 3. The van der Waals surface area contributed by atoms with Gasteiger partial charge in [-0.2, -0.15) is 0 Å². The fourth-order valence-electron chi connectivity index (χ4n) is 4.23. The Bertz CT molecular complexity index is 1040. The van der Waals surface area contributed by atoms with Gasteiger partial charge in [0.2, 0.25) is 5.91 Å². The van der Waals surface area contributed by atoms with Crippen LogP contribution in [0.2, 0.25) is 0 Å². The van der Waals surface area contributed by atoms with Gasteiger partial charge in [0, 0.05) is 18.0 Å². The quantitative estimate of drug-likeness (QED) is 0.553. The number of carboxylic acids is 1. The maximum Gasteiger partial charge on any atom is 0.330 e. The van der Waals surface area contributed by atoms with Crippen LogP contribution in [0.25, 0.3) is 10.8 Å². The summed E-state index contributed by atoms with van der Waals surface area (Å²) in [7, 11) is 0. The van der Waals surface area contributed by atoms with Crippen molar-refractivity contribution >= 4 is 22.6 Å². The average Bonchev–Trinajstić information content (AvgIpc) is 2.74. The highest BCUT2D eigenvalue weighted by atomic mass is 16.4. The maximum atomic E-state index is 12.6. The Hall–Kier alpha value is -3.18. The summed E-state index contributed by atoms with van der Waals surface area (Å²) in [5.41, 5.74) is 1.83. The number of hydrogen-bond donors (Lipinski definition) is 3. The third-order valence-electron chi connectivity index (χ3n) is 5.95. The summed E-state index contributed by atoms with van der Waals surface area (Å²) in [6.07, 6.45) is 1.42. The van der Waals surface area contributed by atoms with Crippen molar-refractivity contribution in [2.75, 3.05) is 0 Å². The number of aliphatic carboxylic acids is 1. The van der Waals surface area contributed by atoms with E-state index in [1.54, 1.807) is 24.3 Å². The van der Waals surface area contributed by atoms with Gasteiger partial charge in [0.15, 0.2) is 6.04 Å². The first-order valence-electron chi connectivity index (χ1n) is 10.3. The summed E-state index contributed by atoms with van der Waals surface area (Å²) in [6.45, 7) is 2.14. The van der Waals surface area contributed by atoms with Gasteiger partial charge in [-0.3, -0.25) is 4.79 Å². The van der Waals surface area contributed by atoms with E-state index >= 15 is 0 Å². The van der Waals surface area contributed by atoms with Crippen LogP contribution >= 0.6 is 0 Å². The van der Waals surface area contributed by atoms with Gasteiger partial charge >= 0.3 is 5.97 Å². The molecular formula is C25H26N2O3. The van der Waals surface area contributed by atoms with Crippen LogP contribution in [0.5, 0.6) is 0 Å². The molecule has 1 saturated carbocycles. The highest BCUT2D eigenvalue weighted by molar-refractivity contribution is 5.87. The van der Waals surface area contributed by atoms with Crippen molar-refractivity contribution in [1.29, 1.82) is 0 Å².